The monoisotopic (exact) mass is 332 g/mol. The molecule has 0 radical (unpaired) electrons. The molecule has 0 amide bonds. The van der Waals surface area contributed by atoms with Crippen LogP contribution in [0.4, 0.5) is 0 Å². The highest BCUT2D eigenvalue weighted by atomic mass is 28.5. The molecule has 8 N–H and O–H groups in total. The maximum Gasteiger partial charge on any atom is 0.489 e. The van der Waals surface area contributed by atoms with Gasteiger partial charge in [0.15, 0.2) is 0 Å². The Bertz CT molecular complexity index is 271. The largest absolute Gasteiger partial charge is 0.489 e. The highest BCUT2D eigenvalue weighted by molar-refractivity contribution is 6.78. The third kappa shape index (κ3) is 8.23. The molecule has 0 rings (SSSR count). The average molecular weight is 333 g/mol. The van der Waals surface area contributed by atoms with Crippen molar-refractivity contribution in [3.8, 4) is 0 Å². The highest BCUT2D eigenvalue weighted by Crippen LogP contribution is 2.21. The maximum absolute atomic E-state index is 10.3. The summed E-state index contributed by atoms with van der Waals surface area (Å²) >= 11 is 0. The van der Waals surface area contributed by atoms with Crippen molar-refractivity contribution in [2.75, 3.05) is 20.2 Å². The first-order chi connectivity index (χ1) is 8.60. The van der Waals surface area contributed by atoms with Crippen LogP contribution in [0.3, 0.4) is 0 Å². The van der Waals surface area contributed by atoms with Gasteiger partial charge in [0.1, 0.15) is 0 Å². The van der Waals surface area contributed by atoms with E-state index in [1.165, 1.54) is 13.7 Å². The predicted molar refractivity (Wildman–Crippen MR) is 73.5 cm³/mol. The molecule has 0 aromatic rings. The van der Waals surface area contributed by atoms with Gasteiger partial charge in [0.05, 0.1) is 0 Å². The quantitative estimate of drug-likeness (QED) is 0.235. The Balaban J connectivity index is 4.86. The molecular weight excluding hydrogens is 308 g/mol. The van der Waals surface area contributed by atoms with Gasteiger partial charge in [-0.3, -0.25) is 0 Å². The smallest absolute Gasteiger partial charge is 0.391 e. The van der Waals surface area contributed by atoms with E-state index < -0.39 is 26.4 Å². The lowest BCUT2D eigenvalue weighted by Gasteiger charge is -2.33. The second kappa shape index (κ2) is 7.91. The molecule has 0 heterocycles. The van der Waals surface area contributed by atoms with Crippen LogP contribution in [0.5, 0.6) is 0 Å². The SMILES string of the molecule is CO[Si](C)(O)O[Si](O)(CCCN)O[Si](O)(O)CCN. The van der Waals surface area contributed by atoms with Gasteiger partial charge in [0, 0.05) is 25.7 Å². The van der Waals surface area contributed by atoms with Crippen LogP contribution < -0.4 is 11.5 Å². The average Bonchev–Trinajstić information content (AvgIpc) is 2.24. The number of rotatable bonds is 10. The van der Waals surface area contributed by atoms with E-state index in [9.17, 15) is 19.2 Å². The van der Waals surface area contributed by atoms with Gasteiger partial charge in [-0.15, -0.1) is 0 Å². The van der Waals surface area contributed by atoms with Crippen LogP contribution in [0.25, 0.3) is 0 Å². The van der Waals surface area contributed by atoms with Crippen molar-refractivity contribution < 1.29 is 31.8 Å². The molecule has 12 heteroatoms. The fourth-order valence-electron chi connectivity index (χ4n) is 1.28. The minimum absolute atomic E-state index is 0.00130. The Morgan fingerprint density at radius 1 is 0.947 bits per heavy atom. The van der Waals surface area contributed by atoms with E-state index in [-0.39, 0.29) is 25.2 Å². The van der Waals surface area contributed by atoms with Gasteiger partial charge >= 0.3 is 26.4 Å². The molecule has 0 aliphatic carbocycles. The molecule has 116 valence electrons. The Morgan fingerprint density at radius 3 is 1.95 bits per heavy atom. The highest BCUT2D eigenvalue weighted by Gasteiger charge is 2.51. The molecule has 0 aromatic heterocycles. The van der Waals surface area contributed by atoms with Crippen LogP contribution in [0.1, 0.15) is 6.42 Å². The molecule has 0 aliphatic heterocycles. The predicted octanol–water partition coefficient (Wildman–Crippen LogP) is -2.61. The third-order valence-electron chi connectivity index (χ3n) is 2.22. The molecule has 0 saturated carbocycles. The lowest BCUT2D eigenvalue weighted by Crippen LogP contribution is -2.60. The normalized spacial score (nSPS) is 18.9. The third-order valence-corrected chi connectivity index (χ3v) is 10.3. The Kier molecular flexibility index (Phi) is 8.03. The molecule has 2 unspecified atom stereocenters. The van der Waals surface area contributed by atoms with E-state index in [4.69, 9.17) is 24.1 Å². The summed E-state index contributed by atoms with van der Waals surface area (Å²) in [6.07, 6.45) is 0.351. The summed E-state index contributed by atoms with van der Waals surface area (Å²) in [4.78, 5) is 39.4. The first-order valence-electron chi connectivity index (χ1n) is 5.85. The van der Waals surface area contributed by atoms with E-state index in [0.717, 1.165) is 0 Å². The molecule has 0 fully saturated rings. The fraction of sp³-hybridized carbons (Fsp3) is 1.00. The van der Waals surface area contributed by atoms with E-state index >= 15 is 0 Å². The molecule has 9 nitrogen and oxygen atoms in total. The molecular formula is C7H24N2O7Si3. The van der Waals surface area contributed by atoms with Gasteiger partial charge in [0.2, 0.25) is 0 Å². The van der Waals surface area contributed by atoms with Crippen molar-refractivity contribution >= 4 is 26.4 Å². The number of hydrogen-bond donors (Lipinski definition) is 6. The van der Waals surface area contributed by atoms with Gasteiger partial charge in [-0.2, -0.15) is 0 Å². The van der Waals surface area contributed by atoms with Crippen LogP contribution in [0, 0.1) is 0 Å². The van der Waals surface area contributed by atoms with Crippen molar-refractivity contribution in [3.63, 3.8) is 0 Å². The molecule has 0 aliphatic rings. The zero-order valence-corrected chi connectivity index (χ0v) is 14.2. The first-order valence-corrected chi connectivity index (χ1v) is 12.1. The lowest BCUT2D eigenvalue weighted by atomic mass is 10.5. The minimum atomic E-state index is -4.12. The maximum atomic E-state index is 10.3. The number of hydrogen-bond acceptors (Lipinski definition) is 9. The van der Waals surface area contributed by atoms with Crippen LogP contribution in [-0.2, 0) is 12.7 Å². The Labute approximate surface area is 115 Å². The summed E-state index contributed by atoms with van der Waals surface area (Å²) in [7, 11) is -10.5. The van der Waals surface area contributed by atoms with E-state index in [1.807, 2.05) is 0 Å². The summed E-state index contributed by atoms with van der Waals surface area (Å²) in [6, 6.07) is -0.179. The zero-order chi connectivity index (χ0) is 15.2. The van der Waals surface area contributed by atoms with Crippen LogP contribution >= 0.6 is 0 Å². The molecule has 0 bridgehead atoms. The topological polar surface area (TPSA) is 161 Å². The molecule has 19 heavy (non-hydrogen) atoms. The van der Waals surface area contributed by atoms with Crippen molar-refractivity contribution in [3.05, 3.63) is 0 Å². The Hall–Kier alpha value is 0.291. The van der Waals surface area contributed by atoms with Gasteiger partial charge in [-0.1, -0.05) is 0 Å². The zero-order valence-electron chi connectivity index (χ0n) is 11.2. The van der Waals surface area contributed by atoms with E-state index in [1.54, 1.807) is 0 Å². The van der Waals surface area contributed by atoms with Crippen molar-refractivity contribution in [1.29, 1.82) is 0 Å². The van der Waals surface area contributed by atoms with Crippen LogP contribution in [0.2, 0.25) is 18.6 Å². The van der Waals surface area contributed by atoms with Gasteiger partial charge in [-0.25, -0.2) is 0 Å². The van der Waals surface area contributed by atoms with E-state index in [0.29, 0.717) is 6.42 Å². The van der Waals surface area contributed by atoms with Crippen LogP contribution in [0.15, 0.2) is 0 Å². The second-order valence-electron chi connectivity index (χ2n) is 4.19. The summed E-state index contributed by atoms with van der Waals surface area (Å²) < 4.78 is 14.9. The van der Waals surface area contributed by atoms with Gasteiger partial charge in [-0.05, 0) is 19.5 Å². The summed E-state index contributed by atoms with van der Waals surface area (Å²) in [6.45, 7) is 1.55. The fourth-order valence-corrected chi connectivity index (χ4v) is 8.82. The minimum Gasteiger partial charge on any atom is -0.391 e. The second-order valence-corrected chi connectivity index (χ2v) is 11.9. The van der Waals surface area contributed by atoms with Crippen molar-refractivity contribution in [1.82, 2.24) is 0 Å². The van der Waals surface area contributed by atoms with Gasteiger partial charge in [0.25, 0.3) is 0 Å². The molecule has 2 atom stereocenters. The first kappa shape index (κ1) is 19.3. The summed E-state index contributed by atoms with van der Waals surface area (Å²) in [5.74, 6) is 0. The molecule has 0 aromatic carbocycles. The summed E-state index contributed by atoms with van der Waals surface area (Å²) in [5.41, 5.74) is 10.6. The van der Waals surface area contributed by atoms with Crippen molar-refractivity contribution in [2.24, 2.45) is 11.5 Å². The standard InChI is InChI=1S/C7H24N2O7Si3/c1-14-17(2,10)15-19(13,6-3-4-8)16-18(11,12)7-5-9/h10-13H,3-9H2,1-2H3. The number of nitrogens with two attached hydrogens (primary N) is 2. The van der Waals surface area contributed by atoms with E-state index in [2.05, 4.69) is 0 Å². The lowest BCUT2D eigenvalue weighted by molar-refractivity contribution is 0.115. The van der Waals surface area contributed by atoms with Crippen molar-refractivity contribution in [2.45, 2.75) is 25.1 Å². The van der Waals surface area contributed by atoms with Crippen LogP contribution in [-0.4, -0.2) is 65.8 Å². The molecule has 0 saturated heterocycles. The molecule has 0 spiro atoms. The van der Waals surface area contributed by atoms with Gasteiger partial charge < -0.3 is 43.3 Å². The Morgan fingerprint density at radius 2 is 1.53 bits per heavy atom. The summed E-state index contributed by atoms with van der Waals surface area (Å²) in [5, 5.41) is 0.